The third-order valence-electron chi connectivity index (χ3n) is 2.36. The molecule has 1 heterocycles. The monoisotopic (exact) mass is 280 g/mol. The normalized spacial score (nSPS) is 10.5. The van der Waals surface area contributed by atoms with Crippen molar-refractivity contribution in [2.45, 2.75) is 23.4 Å². The molecule has 0 bridgehead atoms. The standard InChI is InChI=1S/C12H12N2O2S2/c1-2-10-13-12(18-14-10)17-7-8-5-3-4-6-9(8)11(15)16/h3-6H,2,7H2,1H3,(H,15,16). The average molecular weight is 280 g/mol. The summed E-state index contributed by atoms with van der Waals surface area (Å²) in [6.45, 7) is 2.01. The van der Waals surface area contributed by atoms with Crippen molar-refractivity contribution in [3.05, 3.63) is 41.2 Å². The highest BCUT2D eigenvalue weighted by Gasteiger charge is 2.10. The van der Waals surface area contributed by atoms with E-state index in [1.165, 1.54) is 23.3 Å². The van der Waals surface area contributed by atoms with Crippen LogP contribution in [-0.2, 0) is 12.2 Å². The van der Waals surface area contributed by atoms with Crippen molar-refractivity contribution >= 4 is 29.3 Å². The Balaban J connectivity index is 2.08. The summed E-state index contributed by atoms with van der Waals surface area (Å²) in [6, 6.07) is 7.03. The molecule has 6 heteroatoms. The lowest BCUT2D eigenvalue weighted by atomic mass is 10.1. The van der Waals surface area contributed by atoms with Crippen LogP contribution >= 0.6 is 23.3 Å². The molecular formula is C12H12N2O2S2. The number of rotatable bonds is 5. The molecule has 0 aliphatic rings. The molecule has 18 heavy (non-hydrogen) atoms. The summed E-state index contributed by atoms with van der Waals surface area (Å²) >= 11 is 2.88. The van der Waals surface area contributed by atoms with E-state index < -0.39 is 5.97 Å². The van der Waals surface area contributed by atoms with Crippen molar-refractivity contribution in [2.24, 2.45) is 0 Å². The number of carboxylic acids is 1. The van der Waals surface area contributed by atoms with Crippen molar-refractivity contribution in [2.75, 3.05) is 0 Å². The summed E-state index contributed by atoms with van der Waals surface area (Å²) in [5.41, 5.74) is 1.16. The average Bonchev–Trinajstić information content (AvgIpc) is 2.84. The van der Waals surface area contributed by atoms with Crippen molar-refractivity contribution in [3.63, 3.8) is 0 Å². The van der Waals surface area contributed by atoms with Crippen molar-refractivity contribution in [1.82, 2.24) is 9.36 Å². The van der Waals surface area contributed by atoms with Crippen molar-refractivity contribution < 1.29 is 9.90 Å². The van der Waals surface area contributed by atoms with E-state index in [-0.39, 0.29) is 0 Å². The molecule has 0 amide bonds. The fraction of sp³-hybridized carbons (Fsp3) is 0.250. The molecule has 2 aromatic rings. The molecule has 0 aliphatic heterocycles. The summed E-state index contributed by atoms with van der Waals surface area (Å²) in [4.78, 5) is 15.4. The summed E-state index contributed by atoms with van der Waals surface area (Å²) in [5, 5.41) is 9.07. The Bertz CT molecular complexity index is 555. The van der Waals surface area contributed by atoms with Gasteiger partial charge in [-0.05, 0) is 23.2 Å². The molecule has 1 aromatic heterocycles. The highest BCUT2D eigenvalue weighted by molar-refractivity contribution is 8.00. The first-order chi connectivity index (χ1) is 8.70. The highest BCUT2D eigenvalue weighted by Crippen LogP contribution is 2.26. The minimum absolute atomic E-state index is 0.352. The molecular weight excluding hydrogens is 268 g/mol. The van der Waals surface area contributed by atoms with Gasteiger partial charge in [0.1, 0.15) is 5.82 Å². The van der Waals surface area contributed by atoms with E-state index in [2.05, 4.69) is 9.36 Å². The molecule has 4 nitrogen and oxygen atoms in total. The zero-order valence-corrected chi connectivity index (χ0v) is 11.4. The smallest absolute Gasteiger partial charge is 0.335 e. The van der Waals surface area contributed by atoms with E-state index in [9.17, 15) is 4.79 Å². The second-order valence-electron chi connectivity index (χ2n) is 3.58. The Kier molecular flexibility index (Phi) is 4.33. The molecule has 2 rings (SSSR count). The van der Waals surface area contributed by atoms with Gasteiger partial charge in [-0.3, -0.25) is 0 Å². The predicted molar refractivity (Wildman–Crippen MR) is 72.2 cm³/mol. The van der Waals surface area contributed by atoms with Gasteiger partial charge in [0.05, 0.1) is 5.56 Å². The third kappa shape index (κ3) is 3.08. The number of benzene rings is 1. The van der Waals surface area contributed by atoms with Gasteiger partial charge in [-0.15, -0.1) is 0 Å². The molecule has 0 unspecified atom stereocenters. The topological polar surface area (TPSA) is 63.1 Å². The van der Waals surface area contributed by atoms with Gasteiger partial charge in [0.15, 0.2) is 4.34 Å². The molecule has 94 valence electrons. The maximum absolute atomic E-state index is 11.0. The molecule has 0 aliphatic carbocycles. The Morgan fingerprint density at radius 1 is 1.44 bits per heavy atom. The second kappa shape index (κ2) is 5.97. The SMILES string of the molecule is CCc1nsc(SCc2ccccc2C(=O)O)n1. The zero-order chi connectivity index (χ0) is 13.0. The molecule has 1 aromatic carbocycles. The number of hydrogen-bond donors (Lipinski definition) is 1. The number of carbonyl (C=O) groups is 1. The Hall–Kier alpha value is -1.40. The number of hydrogen-bond acceptors (Lipinski definition) is 5. The summed E-state index contributed by atoms with van der Waals surface area (Å²) in [5.74, 6) is 0.549. The summed E-state index contributed by atoms with van der Waals surface area (Å²) in [7, 11) is 0. The maximum atomic E-state index is 11.0. The minimum atomic E-state index is -0.891. The van der Waals surface area contributed by atoms with Crippen LogP contribution in [0, 0.1) is 0 Å². The molecule has 0 saturated heterocycles. The number of thioether (sulfide) groups is 1. The van der Waals surface area contributed by atoms with E-state index in [4.69, 9.17) is 5.11 Å². The van der Waals surface area contributed by atoms with Gasteiger partial charge in [-0.25, -0.2) is 9.78 Å². The van der Waals surface area contributed by atoms with Crippen LogP contribution in [0.2, 0.25) is 0 Å². The molecule has 0 atom stereocenters. The Morgan fingerprint density at radius 3 is 2.89 bits per heavy atom. The third-order valence-corrected chi connectivity index (χ3v) is 4.28. The van der Waals surface area contributed by atoms with Crippen molar-refractivity contribution in [3.8, 4) is 0 Å². The van der Waals surface area contributed by atoms with Crippen molar-refractivity contribution in [1.29, 1.82) is 0 Å². The lowest BCUT2D eigenvalue weighted by Crippen LogP contribution is -2.00. The largest absolute Gasteiger partial charge is 0.478 e. The van der Waals surface area contributed by atoms with E-state index in [1.807, 2.05) is 19.1 Å². The second-order valence-corrected chi connectivity index (χ2v) is 5.56. The van der Waals surface area contributed by atoms with Crippen LogP contribution in [-0.4, -0.2) is 20.4 Å². The molecule has 0 saturated carbocycles. The van der Waals surface area contributed by atoms with Gasteiger partial charge in [-0.2, -0.15) is 4.37 Å². The highest BCUT2D eigenvalue weighted by atomic mass is 32.2. The van der Waals surface area contributed by atoms with E-state index in [0.29, 0.717) is 11.3 Å². The van der Waals surface area contributed by atoms with Gasteiger partial charge < -0.3 is 5.11 Å². The number of nitrogens with zero attached hydrogens (tertiary/aromatic N) is 2. The zero-order valence-electron chi connectivity index (χ0n) is 9.79. The maximum Gasteiger partial charge on any atom is 0.335 e. The van der Waals surface area contributed by atoms with Gasteiger partial charge >= 0.3 is 5.97 Å². The van der Waals surface area contributed by atoms with Crippen LogP contribution in [0.25, 0.3) is 0 Å². The summed E-state index contributed by atoms with van der Waals surface area (Å²) < 4.78 is 5.08. The predicted octanol–water partition coefficient (Wildman–Crippen LogP) is 3.09. The fourth-order valence-corrected chi connectivity index (χ4v) is 3.13. The Labute approximate surface area is 113 Å². The molecule has 0 spiro atoms. The first-order valence-corrected chi connectivity index (χ1v) is 7.23. The fourth-order valence-electron chi connectivity index (χ4n) is 1.43. The van der Waals surface area contributed by atoms with Crippen LogP contribution in [0.5, 0.6) is 0 Å². The minimum Gasteiger partial charge on any atom is -0.478 e. The molecule has 0 radical (unpaired) electrons. The number of carboxylic acid groups (broad SMARTS) is 1. The van der Waals surface area contributed by atoms with Crippen LogP contribution in [0.3, 0.4) is 0 Å². The lowest BCUT2D eigenvalue weighted by molar-refractivity contribution is 0.0696. The first-order valence-electron chi connectivity index (χ1n) is 5.47. The first kappa shape index (κ1) is 13.0. The van der Waals surface area contributed by atoms with Crippen LogP contribution < -0.4 is 0 Å². The molecule has 1 N–H and O–H groups in total. The summed E-state index contributed by atoms with van der Waals surface area (Å²) in [6.07, 6.45) is 0.822. The Morgan fingerprint density at radius 2 is 2.22 bits per heavy atom. The van der Waals surface area contributed by atoms with E-state index in [1.54, 1.807) is 12.1 Å². The van der Waals surface area contributed by atoms with Crippen LogP contribution in [0.4, 0.5) is 0 Å². The number of aryl methyl sites for hydroxylation is 1. The van der Waals surface area contributed by atoms with Crippen LogP contribution in [0.1, 0.15) is 28.7 Å². The van der Waals surface area contributed by atoms with E-state index in [0.717, 1.165) is 22.1 Å². The number of aromatic nitrogens is 2. The quantitative estimate of drug-likeness (QED) is 0.853. The van der Waals surface area contributed by atoms with Gasteiger partial charge in [0, 0.05) is 12.2 Å². The van der Waals surface area contributed by atoms with Gasteiger partial charge in [0.25, 0.3) is 0 Å². The van der Waals surface area contributed by atoms with E-state index >= 15 is 0 Å². The lowest BCUT2D eigenvalue weighted by Gasteiger charge is -2.03. The number of aromatic carboxylic acids is 1. The van der Waals surface area contributed by atoms with Gasteiger partial charge in [-0.1, -0.05) is 36.9 Å². The van der Waals surface area contributed by atoms with Gasteiger partial charge in [0.2, 0.25) is 0 Å². The molecule has 0 fully saturated rings. The van der Waals surface area contributed by atoms with Crippen LogP contribution in [0.15, 0.2) is 28.6 Å².